The van der Waals surface area contributed by atoms with Gasteiger partial charge in [-0.05, 0) is 0 Å². The third-order valence-electron chi connectivity index (χ3n) is 0.575. The van der Waals surface area contributed by atoms with Crippen molar-refractivity contribution >= 4 is 0 Å². The number of methoxy groups -OCH3 is 2. The maximum absolute atomic E-state index is 4.59. The van der Waals surface area contributed by atoms with Gasteiger partial charge in [-0.15, -0.1) is 6.92 Å². The van der Waals surface area contributed by atoms with Crippen molar-refractivity contribution in [2.45, 2.75) is 6.92 Å². The second-order valence-electron chi connectivity index (χ2n) is 0.900. The molecule has 0 amide bonds. The molecule has 0 radical (unpaired) electrons. The molecule has 0 heterocycles. The van der Waals surface area contributed by atoms with Crippen molar-refractivity contribution in [2.24, 2.45) is 0 Å². The van der Waals surface area contributed by atoms with E-state index in [1.165, 1.54) is 0 Å². The largest absolute Gasteiger partial charge is 1.00 e. The Morgan fingerprint density at radius 1 is 1.14 bits per heavy atom. The third-order valence-corrected chi connectivity index (χ3v) is 0.575. The van der Waals surface area contributed by atoms with Crippen LogP contribution < -0.4 is 29.6 Å². The van der Waals surface area contributed by atoms with Crippen LogP contribution in [-0.2, 0) is 9.47 Å². The summed E-state index contributed by atoms with van der Waals surface area (Å²) in [5.41, 5.74) is 0. The predicted molar refractivity (Wildman–Crippen MR) is 22.9 cm³/mol. The summed E-state index contributed by atoms with van der Waals surface area (Å²) in [4.78, 5) is 0. The van der Waals surface area contributed by atoms with Gasteiger partial charge in [-0.1, -0.05) is 6.29 Å². The first-order chi connectivity index (χ1) is 2.81. The van der Waals surface area contributed by atoms with Crippen LogP contribution >= 0.6 is 0 Å². The van der Waals surface area contributed by atoms with Crippen LogP contribution in [0.5, 0.6) is 0 Å². The topological polar surface area (TPSA) is 18.5 Å². The fourth-order valence-electron chi connectivity index (χ4n) is 0.0833. The zero-order chi connectivity index (χ0) is 4.99. The summed E-state index contributed by atoms with van der Waals surface area (Å²) in [6, 6.07) is 0. The van der Waals surface area contributed by atoms with Crippen LogP contribution in [0.2, 0.25) is 0 Å². The summed E-state index contributed by atoms with van der Waals surface area (Å²) in [6.45, 7) is 1.75. The minimum Gasteiger partial charge on any atom is -0.524 e. The van der Waals surface area contributed by atoms with Gasteiger partial charge in [0.25, 0.3) is 0 Å². The van der Waals surface area contributed by atoms with Crippen molar-refractivity contribution in [1.82, 2.24) is 0 Å². The Labute approximate surface area is 66.5 Å². The molecule has 0 aliphatic heterocycles. The molecule has 0 atom stereocenters. The minimum atomic E-state index is 0. The molecule has 0 saturated carbocycles. The third kappa shape index (κ3) is 6.92. The van der Waals surface area contributed by atoms with E-state index in [-0.39, 0.29) is 29.6 Å². The smallest absolute Gasteiger partial charge is 0.524 e. The average molecular weight is 112 g/mol. The number of hydrogen-bond acceptors (Lipinski definition) is 2. The van der Waals surface area contributed by atoms with E-state index in [1.54, 1.807) is 21.1 Å². The number of ether oxygens (including phenoxy) is 2. The van der Waals surface area contributed by atoms with Crippen molar-refractivity contribution in [3.63, 3.8) is 0 Å². The number of rotatable bonds is 2. The van der Waals surface area contributed by atoms with E-state index in [4.69, 9.17) is 0 Å². The van der Waals surface area contributed by atoms with E-state index >= 15 is 0 Å². The summed E-state index contributed by atoms with van der Waals surface area (Å²) >= 11 is 0. The van der Waals surface area contributed by atoms with Crippen molar-refractivity contribution < 1.29 is 39.0 Å². The second-order valence-corrected chi connectivity index (χ2v) is 0.900. The van der Waals surface area contributed by atoms with Gasteiger partial charge in [0.15, 0.2) is 0 Å². The average Bonchev–Trinajstić information content (AvgIpc) is 1.65. The zero-order valence-electron chi connectivity index (χ0n) is 5.32. The molecular formula is C4H9NaO2. The predicted octanol–water partition coefficient (Wildman–Crippen LogP) is -2.21. The fourth-order valence-corrected chi connectivity index (χ4v) is 0.0833. The van der Waals surface area contributed by atoms with Crippen molar-refractivity contribution in [3.8, 4) is 0 Å². The SMILES string of the molecule is CO[C-](C)OC.[Na+]. The molecule has 0 N–H and O–H groups in total. The molecule has 38 valence electrons. The second kappa shape index (κ2) is 6.92. The normalized spacial score (nSPS) is 8.57. The molecule has 0 aromatic heterocycles. The Morgan fingerprint density at radius 2 is 1.43 bits per heavy atom. The van der Waals surface area contributed by atoms with Gasteiger partial charge in [-0.3, -0.25) is 0 Å². The summed E-state index contributed by atoms with van der Waals surface area (Å²) in [6.07, 6.45) is 0.593. The fraction of sp³-hybridized carbons (Fsp3) is 0.750. The Kier molecular flexibility index (Phi) is 10.7. The molecule has 0 aliphatic rings. The number of hydrogen-bond donors (Lipinski definition) is 0. The van der Waals surface area contributed by atoms with Crippen molar-refractivity contribution in [2.75, 3.05) is 14.2 Å². The van der Waals surface area contributed by atoms with Crippen LogP contribution in [0.15, 0.2) is 0 Å². The molecule has 0 rings (SSSR count). The van der Waals surface area contributed by atoms with Gasteiger partial charge in [-0.2, -0.15) is 0 Å². The Balaban J connectivity index is 0. The minimum absolute atomic E-state index is 0. The monoisotopic (exact) mass is 112 g/mol. The molecule has 0 spiro atoms. The summed E-state index contributed by atoms with van der Waals surface area (Å²) in [5, 5.41) is 0. The standard InChI is InChI=1S/C4H9O2.Na/c1-4(5-2)6-3;/h1-3H3;/q-1;+1. The van der Waals surface area contributed by atoms with Gasteiger partial charge >= 0.3 is 29.6 Å². The van der Waals surface area contributed by atoms with E-state index in [9.17, 15) is 0 Å². The molecule has 0 bridgehead atoms. The molecule has 0 saturated heterocycles. The molecule has 2 nitrogen and oxygen atoms in total. The van der Waals surface area contributed by atoms with Crippen molar-refractivity contribution in [3.05, 3.63) is 6.29 Å². The van der Waals surface area contributed by atoms with Crippen LogP contribution in [0.4, 0.5) is 0 Å². The Morgan fingerprint density at radius 3 is 1.43 bits per heavy atom. The maximum Gasteiger partial charge on any atom is 1.00 e. The Bertz CT molecular complexity index is 28.9. The molecule has 3 heteroatoms. The van der Waals surface area contributed by atoms with Crippen LogP contribution in [0.25, 0.3) is 0 Å². The van der Waals surface area contributed by atoms with Crippen LogP contribution in [0.1, 0.15) is 6.92 Å². The van der Waals surface area contributed by atoms with Gasteiger partial charge < -0.3 is 9.47 Å². The van der Waals surface area contributed by atoms with E-state index in [1.807, 2.05) is 0 Å². The van der Waals surface area contributed by atoms with Gasteiger partial charge in [0.1, 0.15) is 0 Å². The molecule has 0 aromatic carbocycles. The summed E-state index contributed by atoms with van der Waals surface area (Å²) in [7, 11) is 3.14. The van der Waals surface area contributed by atoms with E-state index < -0.39 is 0 Å². The molecular weight excluding hydrogens is 103 g/mol. The molecule has 7 heavy (non-hydrogen) atoms. The molecule has 0 aliphatic carbocycles. The molecule has 0 aromatic rings. The van der Waals surface area contributed by atoms with Crippen LogP contribution in [0.3, 0.4) is 0 Å². The first-order valence-electron chi connectivity index (χ1n) is 1.72. The maximum atomic E-state index is 4.59. The first-order valence-corrected chi connectivity index (χ1v) is 1.72. The van der Waals surface area contributed by atoms with Crippen LogP contribution in [-0.4, -0.2) is 14.2 Å². The van der Waals surface area contributed by atoms with E-state index in [2.05, 4.69) is 9.47 Å². The summed E-state index contributed by atoms with van der Waals surface area (Å²) in [5.74, 6) is 0. The van der Waals surface area contributed by atoms with Crippen molar-refractivity contribution in [1.29, 1.82) is 0 Å². The molecule has 0 fully saturated rings. The van der Waals surface area contributed by atoms with Gasteiger partial charge in [0.2, 0.25) is 0 Å². The van der Waals surface area contributed by atoms with Gasteiger partial charge in [-0.25, -0.2) is 0 Å². The molecule has 0 unspecified atom stereocenters. The van der Waals surface area contributed by atoms with E-state index in [0.717, 1.165) is 0 Å². The zero-order valence-corrected chi connectivity index (χ0v) is 7.32. The van der Waals surface area contributed by atoms with E-state index in [0.29, 0.717) is 6.29 Å². The quantitative estimate of drug-likeness (QED) is 0.298. The Hall–Kier alpha value is 0.920. The van der Waals surface area contributed by atoms with Gasteiger partial charge in [0.05, 0.1) is 0 Å². The first kappa shape index (κ1) is 10.8. The van der Waals surface area contributed by atoms with Crippen LogP contribution in [0, 0.1) is 6.29 Å². The summed E-state index contributed by atoms with van der Waals surface area (Å²) < 4.78 is 9.19. The van der Waals surface area contributed by atoms with Gasteiger partial charge in [0, 0.05) is 14.2 Å².